The number of halogens is 2. The van der Waals surface area contributed by atoms with Gasteiger partial charge in [0.25, 0.3) is 5.91 Å². The predicted octanol–water partition coefficient (Wildman–Crippen LogP) is 3.26. The maximum atomic E-state index is 12.8. The molecule has 0 saturated heterocycles. The fourth-order valence-electron chi connectivity index (χ4n) is 2.85. The number of benzene rings is 2. The molecule has 1 amide bonds. The summed E-state index contributed by atoms with van der Waals surface area (Å²) in [5, 5.41) is 2.64. The van der Waals surface area contributed by atoms with Crippen molar-refractivity contribution in [2.75, 3.05) is 20.2 Å². The van der Waals surface area contributed by atoms with Crippen LogP contribution in [0, 0.1) is 0 Å². The Balaban J connectivity index is 2.24. The fourth-order valence-corrected chi connectivity index (χ4v) is 4.33. The highest BCUT2D eigenvalue weighted by Crippen LogP contribution is 2.25. The molecule has 0 heterocycles. The molecule has 2 rings (SSSR count). The zero-order chi connectivity index (χ0) is 22.3. The summed E-state index contributed by atoms with van der Waals surface area (Å²) in [6, 6.07) is 9.98. The molecule has 1 N–H and O–H groups in total. The molecule has 10 heteroatoms. The number of nitrogens with zero attached hydrogens (tertiary/aromatic N) is 1. The molecule has 0 bridgehead atoms. The van der Waals surface area contributed by atoms with Gasteiger partial charge in [-0.05, 0) is 35.9 Å². The summed E-state index contributed by atoms with van der Waals surface area (Å²) in [4.78, 5) is 12.7. The van der Waals surface area contributed by atoms with Crippen molar-refractivity contribution in [3.05, 3.63) is 53.6 Å². The van der Waals surface area contributed by atoms with Crippen molar-refractivity contribution in [1.29, 1.82) is 0 Å². The van der Waals surface area contributed by atoms with Gasteiger partial charge in [-0.25, -0.2) is 8.42 Å². The average Bonchev–Trinajstić information content (AvgIpc) is 2.72. The number of ether oxygens (including phenoxy) is 2. The van der Waals surface area contributed by atoms with Gasteiger partial charge in [-0.15, -0.1) is 0 Å². The molecule has 0 radical (unpaired) electrons. The van der Waals surface area contributed by atoms with E-state index in [2.05, 4.69) is 10.1 Å². The Hall–Kier alpha value is -2.72. The molecule has 0 spiro atoms. The van der Waals surface area contributed by atoms with E-state index in [4.69, 9.17) is 4.74 Å². The van der Waals surface area contributed by atoms with Gasteiger partial charge >= 0.3 is 6.61 Å². The van der Waals surface area contributed by atoms with Gasteiger partial charge in [0.1, 0.15) is 11.5 Å². The molecule has 0 aliphatic carbocycles. The number of rotatable bonds is 10. The Morgan fingerprint density at radius 3 is 2.43 bits per heavy atom. The average molecular weight is 442 g/mol. The highest BCUT2D eigenvalue weighted by Gasteiger charge is 2.24. The second-order valence-electron chi connectivity index (χ2n) is 6.16. The molecule has 30 heavy (non-hydrogen) atoms. The van der Waals surface area contributed by atoms with E-state index in [1.165, 1.54) is 47.8 Å². The van der Waals surface area contributed by atoms with Crippen molar-refractivity contribution < 1.29 is 31.5 Å². The molecular formula is C20H24F2N2O5S. The third kappa shape index (κ3) is 5.67. The third-order valence-electron chi connectivity index (χ3n) is 4.34. The van der Waals surface area contributed by atoms with Gasteiger partial charge in [-0.3, -0.25) is 4.79 Å². The summed E-state index contributed by atoms with van der Waals surface area (Å²) in [6.07, 6.45) is 0. The van der Waals surface area contributed by atoms with Gasteiger partial charge in [0.2, 0.25) is 10.0 Å². The number of methoxy groups -OCH3 is 1. The van der Waals surface area contributed by atoms with Crippen LogP contribution in [0.5, 0.6) is 11.5 Å². The molecule has 7 nitrogen and oxygen atoms in total. The van der Waals surface area contributed by atoms with E-state index in [-0.39, 0.29) is 28.5 Å². The van der Waals surface area contributed by atoms with Crippen molar-refractivity contribution in [1.82, 2.24) is 9.62 Å². The molecule has 0 aliphatic rings. The van der Waals surface area contributed by atoms with E-state index in [1.807, 2.05) is 0 Å². The Labute approximate surface area is 174 Å². The third-order valence-corrected chi connectivity index (χ3v) is 6.38. The first-order valence-electron chi connectivity index (χ1n) is 9.23. The molecular weight excluding hydrogens is 418 g/mol. The van der Waals surface area contributed by atoms with E-state index < -0.39 is 22.5 Å². The van der Waals surface area contributed by atoms with Crippen LogP contribution in [-0.4, -0.2) is 45.4 Å². The number of hydrogen-bond acceptors (Lipinski definition) is 5. The normalized spacial score (nSPS) is 11.6. The minimum absolute atomic E-state index is 0.0233. The standard InChI is InChI=1S/C20H24F2N2O5S/c1-4-24(5-2)30(26,27)16-9-10-18(28-3)17(12-16)19(25)23-13-14-7-6-8-15(11-14)29-20(21)22/h6-12,20H,4-5,13H2,1-3H3,(H,23,25). The van der Waals surface area contributed by atoms with Gasteiger partial charge in [0, 0.05) is 19.6 Å². The van der Waals surface area contributed by atoms with Crippen molar-refractivity contribution in [2.45, 2.75) is 31.9 Å². The van der Waals surface area contributed by atoms with E-state index in [0.29, 0.717) is 18.7 Å². The van der Waals surface area contributed by atoms with Crippen molar-refractivity contribution >= 4 is 15.9 Å². The molecule has 2 aromatic rings. The second-order valence-corrected chi connectivity index (χ2v) is 8.10. The summed E-state index contributed by atoms with van der Waals surface area (Å²) in [5.41, 5.74) is 0.582. The highest BCUT2D eigenvalue weighted by molar-refractivity contribution is 7.89. The van der Waals surface area contributed by atoms with Crippen LogP contribution in [-0.2, 0) is 16.6 Å². The number of sulfonamides is 1. The predicted molar refractivity (Wildman–Crippen MR) is 107 cm³/mol. The fraction of sp³-hybridized carbons (Fsp3) is 0.350. The summed E-state index contributed by atoms with van der Waals surface area (Å²) < 4.78 is 61.0. The molecule has 0 atom stereocenters. The number of amides is 1. The first-order chi connectivity index (χ1) is 14.2. The van der Waals surface area contributed by atoms with Crippen LogP contribution < -0.4 is 14.8 Å². The van der Waals surface area contributed by atoms with Gasteiger partial charge < -0.3 is 14.8 Å². The quantitative estimate of drug-likeness (QED) is 0.611. The lowest BCUT2D eigenvalue weighted by molar-refractivity contribution is -0.0498. The number of nitrogens with one attached hydrogen (secondary N) is 1. The summed E-state index contributed by atoms with van der Waals surface area (Å²) in [6.45, 7) is 1.12. The zero-order valence-corrected chi connectivity index (χ0v) is 17.7. The molecule has 2 aromatic carbocycles. The van der Waals surface area contributed by atoms with Crippen LogP contribution in [0.25, 0.3) is 0 Å². The van der Waals surface area contributed by atoms with Crippen LogP contribution >= 0.6 is 0 Å². The molecule has 0 aliphatic heterocycles. The summed E-state index contributed by atoms with van der Waals surface area (Å²) >= 11 is 0. The maximum absolute atomic E-state index is 12.8. The van der Waals surface area contributed by atoms with Crippen molar-refractivity contribution in [3.8, 4) is 11.5 Å². The van der Waals surface area contributed by atoms with E-state index >= 15 is 0 Å². The Bertz CT molecular complexity index is 979. The van der Waals surface area contributed by atoms with E-state index in [9.17, 15) is 22.0 Å². The Morgan fingerprint density at radius 2 is 1.83 bits per heavy atom. The van der Waals surface area contributed by atoms with Crippen LogP contribution in [0.4, 0.5) is 8.78 Å². The molecule has 164 valence electrons. The van der Waals surface area contributed by atoms with Crippen LogP contribution in [0.3, 0.4) is 0 Å². The van der Waals surface area contributed by atoms with Crippen LogP contribution in [0.15, 0.2) is 47.4 Å². The number of carbonyl (C=O) groups is 1. The minimum atomic E-state index is -3.76. The Morgan fingerprint density at radius 1 is 1.13 bits per heavy atom. The van der Waals surface area contributed by atoms with Gasteiger partial charge in [-0.1, -0.05) is 26.0 Å². The maximum Gasteiger partial charge on any atom is 0.387 e. The number of hydrogen-bond donors (Lipinski definition) is 1. The lowest BCUT2D eigenvalue weighted by Gasteiger charge is -2.19. The Kier molecular flexibility index (Phi) is 8.13. The number of alkyl halides is 2. The topological polar surface area (TPSA) is 84.9 Å². The van der Waals surface area contributed by atoms with E-state index in [0.717, 1.165) is 0 Å². The van der Waals surface area contributed by atoms with Crippen LogP contribution in [0.1, 0.15) is 29.8 Å². The first kappa shape index (κ1) is 23.6. The molecule has 0 saturated carbocycles. The zero-order valence-electron chi connectivity index (χ0n) is 16.9. The molecule has 0 unspecified atom stereocenters. The van der Waals surface area contributed by atoms with Gasteiger partial charge in [0.05, 0.1) is 17.6 Å². The lowest BCUT2D eigenvalue weighted by Crippen LogP contribution is -2.31. The van der Waals surface area contributed by atoms with Crippen molar-refractivity contribution in [2.24, 2.45) is 0 Å². The van der Waals surface area contributed by atoms with E-state index in [1.54, 1.807) is 19.9 Å². The smallest absolute Gasteiger partial charge is 0.387 e. The largest absolute Gasteiger partial charge is 0.496 e. The van der Waals surface area contributed by atoms with Gasteiger partial charge in [-0.2, -0.15) is 13.1 Å². The molecule has 0 aromatic heterocycles. The minimum Gasteiger partial charge on any atom is -0.496 e. The summed E-state index contributed by atoms with van der Waals surface area (Å²) in [7, 11) is -2.39. The highest BCUT2D eigenvalue weighted by atomic mass is 32.2. The molecule has 0 fully saturated rings. The second kappa shape index (κ2) is 10.4. The number of carbonyl (C=O) groups excluding carboxylic acids is 1. The van der Waals surface area contributed by atoms with Crippen LogP contribution in [0.2, 0.25) is 0 Å². The lowest BCUT2D eigenvalue weighted by atomic mass is 10.1. The SMILES string of the molecule is CCN(CC)S(=O)(=O)c1ccc(OC)c(C(=O)NCc2cccc(OC(F)F)c2)c1. The summed E-state index contributed by atoms with van der Waals surface area (Å²) in [5.74, 6) is -0.383. The first-order valence-corrected chi connectivity index (χ1v) is 10.7. The monoisotopic (exact) mass is 442 g/mol. The van der Waals surface area contributed by atoms with Crippen molar-refractivity contribution in [3.63, 3.8) is 0 Å². The van der Waals surface area contributed by atoms with Gasteiger partial charge in [0.15, 0.2) is 0 Å².